The number of carbonyl (C=O) groups excluding carboxylic acids is 1. The van der Waals surface area contributed by atoms with Crippen LogP contribution >= 0.6 is 0 Å². The fourth-order valence-corrected chi connectivity index (χ4v) is 1.66. The lowest BCUT2D eigenvalue weighted by atomic mass is 10.1. The molecule has 0 heterocycles. The molecule has 0 saturated carbocycles. The van der Waals surface area contributed by atoms with Crippen LogP contribution in [0.4, 0.5) is 0 Å². The van der Waals surface area contributed by atoms with Crippen LogP contribution in [0.25, 0.3) is 0 Å². The molecule has 1 amide bonds. The van der Waals surface area contributed by atoms with Crippen molar-refractivity contribution in [2.24, 2.45) is 5.92 Å². The molecule has 0 saturated heterocycles. The van der Waals surface area contributed by atoms with Gasteiger partial charge < -0.3 is 10.0 Å². The molecule has 4 heteroatoms. The number of rotatable bonds is 5. The van der Waals surface area contributed by atoms with E-state index in [1.165, 1.54) is 12.1 Å². The normalized spacial score (nSPS) is 11.9. The molecule has 0 aliphatic heterocycles. The van der Waals surface area contributed by atoms with E-state index in [9.17, 15) is 9.59 Å². The minimum absolute atomic E-state index is 0.0766. The Morgan fingerprint density at radius 3 is 2.17 bits per heavy atom. The summed E-state index contributed by atoms with van der Waals surface area (Å²) in [5, 5.41) is 8.78. The van der Waals surface area contributed by atoms with Crippen molar-refractivity contribution in [3.63, 3.8) is 0 Å². The van der Waals surface area contributed by atoms with Crippen molar-refractivity contribution >= 4 is 11.9 Å². The topological polar surface area (TPSA) is 57.6 Å². The number of benzene rings is 1. The Morgan fingerprint density at radius 1 is 1.22 bits per heavy atom. The predicted octanol–water partition coefficient (Wildman–Crippen LogP) is 2.50. The van der Waals surface area contributed by atoms with E-state index in [0.29, 0.717) is 18.0 Å². The second-order valence-corrected chi connectivity index (χ2v) is 4.58. The first kappa shape index (κ1) is 14.2. The Kier molecular flexibility index (Phi) is 4.89. The number of hydrogen-bond acceptors (Lipinski definition) is 2. The third-order valence-corrected chi connectivity index (χ3v) is 3.01. The van der Waals surface area contributed by atoms with E-state index in [1.54, 1.807) is 24.1 Å². The first-order valence-electron chi connectivity index (χ1n) is 6.04. The van der Waals surface area contributed by atoms with Gasteiger partial charge in [0.2, 0.25) is 0 Å². The zero-order chi connectivity index (χ0) is 13.7. The van der Waals surface area contributed by atoms with Crippen molar-refractivity contribution < 1.29 is 14.7 Å². The molecule has 1 atom stereocenters. The van der Waals surface area contributed by atoms with E-state index in [1.807, 2.05) is 0 Å². The van der Waals surface area contributed by atoms with E-state index in [-0.39, 0.29) is 11.5 Å². The second-order valence-electron chi connectivity index (χ2n) is 4.58. The van der Waals surface area contributed by atoms with Crippen LogP contribution in [0.15, 0.2) is 24.3 Å². The SMILES string of the molecule is CCC(C)CN(C)C(=O)c1ccc(C(=O)O)cc1. The van der Waals surface area contributed by atoms with Crippen molar-refractivity contribution in [3.8, 4) is 0 Å². The van der Waals surface area contributed by atoms with Gasteiger partial charge in [-0.1, -0.05) is 20.3 Å². The van der Waals surface area contributed by atoms with Gasteiger partial charge in [0.05, 0.1) is 5.56 Å². The summed E-state index contributed by atoms with van der Waals surface area (Å²) in [6.07, 6.45) is 1.02. The third kappa shape index (κ3) is 3.58. The number of carboxylic acids is 1. The van der Waals surface area contributed by atoms with E-state index >= 15 is 0 Å². The first-order chi connectivity index (χ1) is 8.45. The summed E-state index contributed by atoms with van der Waals surface area (Å²) in [6, 6.07) is 6.01. The van der Waals surface area contributed by atoms with Crippen molar-refractivity contribution in [2.75, 3.05) is 13.6 Å². The number of hydrogen-bond donors (Lipinski definition) is 1. The lowest BCUT2D eigenvalue weighted by Crippen LogP contribution is -2.30. The van der Waals surface area contributed by atoms with Gasteiger partial charge in [0.15, 0.2) is 0 Å². The Hall–Kier alpha value is -1.84. The van der Waals surface area contributed by atoms with Crippen molar-refractivity contribution in [1.82, 2.24) is 4.90 Å². The third-order valence-electron chi connectivity index (χ3n) is 3.01. The molecular formula is C14H19NO3. The average Bonchev–Trinajstić information content (AvgIpc) is 2.37. The van der Waals surface area contributed by atoms with Crippen molar-refractivity contribution in [2.45, 2.75) is 20.3 Å². The molecule has 1 aromatic rings. The fourth-order valence-electron chi connectivity index (χ4n) is 1.66. The van der Waals surface area contributed by atoms with Gasteiger partial charge in [-0.25, -0.2) is 4.79 Å². The van der Waals surface area contributed by atoms with Crippen molar-refractivity contribution in [3.05, 3.63) is 35.4 Å². The van der Waals surface area contributed by atoms with Crippen LogP contribution in [0, 0.1) is 5.92 Å². The molecule has 1 rings (SSSR count). The molecular weight excluding hydrogens is 230 g/mol. The fraction of sp³-hybridized carbons (Fsp3) is 0.429. The van der Waals surface area contributed by atoms with Gasteiger partial charge in [-0.3, -0.25) is 4.79 Å². The molecule has 0 radical (unpaired) electrons. The number of nitrogens with zero attached hydrogens (tertiary/aromatic N) is 1. The molecule has 98 valence electrons. The van der Waals surface area contributed by atoms with Crippen LogP contribution in [0.3, 0.4) is 0 Å². The van der Waals surface area contributed by atoms with Gasteiger partial charge in [0, 0.05) is 19.2 Å². The molecule has 0 bridgehead atoms. The lowest BCUT2D eigenvalue weighted by molar-refractivity contribution is 0.0694. The van der Waals surface area contributed by atoms with Crippen molar-refractivity contribution in [1.29, 1.82) is 0 Å². The minimum atomic E-state index is -0.984. The summed E-state index contributed by atoms with van der Waals surface area (Å²) in [4.78, 5) is 24.4. The highest BCUT2D eigenvalue weighted by atomic mass is 16.4. The molecule has 0 aromatic heterocycles. The quantitative estimate of drug-likeness (QED) is 0.872. The van der Waals surface area contributed by atoms with Gasteiger partial charge in [-0.05, 0) is 30.2 Å². The summed E-state index contributed by atoms with van der Waals surface area (Å²) < 4.78 is 0. The Bertz CT molecular complexity index is 425. The molecule has 18 heavy (non-hydrogen) atoms. The van der Waals surface area contributed by atoms with Gasteiger partial charge in [0.25, 0.3) is 5.91 Å². The molecule has 1 unspecified atom stereocenters. The number of aromatic carboxylic acids is 1. The Morgan fingerprint density at radius 2 is 1.72 bits per heavy atom. The Balaban J connectivity index is 2.74. The van der Waals surface area contributed by atoms with Crippen LogP contribution in [0.5, 0.6) is 0 Å². The molecule has 0 fully saturated rings. The lowest BCUT2D eigenvalue weighted by Gasteiger charge is -2.20. The highest BCUT2D eigenvalue weighted by molar-refractivity contribution is 5.95. The van der Waals surface area contributed by atoms with Crippen LogP contribution in [-0.2, 0) is 0 Å². The molecule has 1 N–H and O–H groups in total. The highest BCUT2D eigenvalue weighted by Crippen LogP contribution is 2.09. The molecule has 0 spiro atoms. The molecule has 0 aliphatic carbocycles. The maximum atomic E-state index is 12.1. The maximum absolute atomic E-state index is 12.1. The van der Waals surface area contributed by atoms with Gasteiger partial charge in [-0.15, -0.1) is 0 Å². The molecule has 4 nitrogen and oxygen atoms in total. The largest absolute Gasteiger partial charge is 0.478 e. The molecule has 1 aromatic carbocycles. The second kappa shape index (κ2) is 6.19. The summed E-state index contributed by atoms with van der Waals surface area (Å²) in [7, 11) is 1.76. The van der Waals surface area contributed by atoms with Crippen LogP contribution in [-0.4, -0.2) is 35.5 Å². The van der Waals surface area contributed by atoms with Crippen LogP contribution in [0.2, 0.25) is 0 Å². The monoisotopic (exact) mass is 249 g/mol. The van der Waals surface area contributed by atoms with Gasteiger partial charge >= 0.3 is 5.97 Å². The average molecular weight is 249 g/mol. The predicted molar refractivity (Wildman–Crippen MR) is 69.8 cm³/mol. The van der Waals surface area contributed by atoms with E-state index in [2.05, 4.69) is 13.8 Å². The summed E-state index contributed by atoms with van der Waals surface area (Å²) >= 11 is 0. The van der Waals surface area contributed by atoms with E-state index in [0.717, 1.165) is 6.42 Å². The number of carbonyl (C=O) groups is 2. The van der Waals surface area contributed by atoms with Gasteiger partial charge in [0.1, 0.15) is 0 Å². The van der Waals surface area contributed by atoms with Crippen LogP contribution in [0.1, 0.15) is 41.0 Å². The summed E-state index contributed by atoms with van der Waals surface area (Å²) in [6.45, 7) is 4.89. The highest BCUT2D eigenvalue weighted by Gasteiger charge is 2.14. The van der Waals surface area contributed by atoms with Crippen LogP contribution < -0.4 is 0 Å². The smallest absolute Gasteiger partial charge is 0.335 e. The Labute approximate surface area is 107 Å². The molecule has 0 aliphatic rings. The first-order valence-corrected chi connectivity index (χ1v) is 6.04. The van der Waals surface area contributed by atoms with E-state index < -0.39 is 5.97 Å². The standard InChI is InChI=1S/C14H19NO3/c1-4-10(2)9-15(3)13(16)11-5-7-12(8-6-11)14(17)18/h5-8,10H,4,9H2,1-3H3,(H,17,18). The summed E-state index contributed by atoms with van der Waals surface area (Å²) in [5.74, 6) is -0.605. The number of carboxylic acid groups (broad SMARTS) is 1. The van der Waals surface area contributed by atoms with Gasteiger partial charge in [-0.2, -0.15) is 0 Å². The zero-order valence-corrected chi connectivity index (χ0v) is 11.0. The maximum Gasteiger partial charge on any atom is 0.335 e. The minimum Gasteiger partial charge on any atom is -0.478 e. The summed E-state index contributed by atoms with van der Waals surface area (Å²) in [5.41, 5.74) is 0.710. The number of amides is 1. The van der Waals surface area contributed by atoms with E-state index in [4.69, 9.17) is 5.11 Å². The zero-order valence-electron chi connectivity index (χ0n) is 11.0.